The highest BCUT2D eigenvalue weighted by molar-refractivity contribution is 5.15. The van der Waals surface area contributed by atoms with E-state index in [9.17, 15) is 0 Å². The van der Waals surface area contributed by atoms with Crippen LogP contribution in [0.2, 0.25) is 0 Å². The van der Waals surface area contributed by atoms with Crippen LogP contribution in [-0.2, 0) is 0 Å². The van der Waals surface area contributed by atoms with Gasteiger partial charge in [-0.1, -0.05) is 6.07 Å². The molecule has 0 bridgehead atoms. The Balaban J connectivity index is 2.74. The summed E-state index contributed by atoms with van der Waals surface area (Å²) in [5.74, 6) is 5.78. The van der Waals surface area contributed by atoms with E-state index in [1.165, 1.54) is 0 Å². The molecule has 1 aromatic rings. The van der Waals surface area contributed by atoms with Crippen molar-refractivity contribution in [3.63, 3.8) is 0 Å². The Morgan fingerprint density at radius 1 is 1.54 bits per heavy atom. The van der Waals surface area contributed by atoms with E-state index in [0.29, 0.717) is 6.42 Å². The van der Waals surface area contributed by atoms with Gasteiger partial charge >= 0.3 is 0 Å². The van der Waals surface area contributed by atoms with E-state index in [2.05, 4.69) is 16.8 Å². The van der Waals surface area contributed by atoms with Crippen LogP contribution in [0.3, 0.4) is 0 Å². The normalized spacial score (nSPS) is 11.6. The smallest absolute Gasteiger partial charge is 0.0583 e. The third-order valence-electron chi connectivity index (χ3n) is 1.79. The molecule has 1 heterocycles. The first-order chi connectivity index (χ1) is 6.24. The van der Waals surface area contributed by atoms with Crippen molar-refractivity contribution in [2.75, 3.05) is 0 Å². The molecule has 0 aromatic carbocycles. The van der Waals surface area contributed by atoms with Gasteiger partial charge in [0.25, 0.3) is 0 Å². The van der Waals surface area contributed by atoms with Crippen LogP contribution in [0, 0.1) is 18.8 Å². The largest absolute Gasteiger partial charge is 0.322 e. The highest BCUT2D eigenvalue weighted by atomic mass is 14.8. The molecule has 1 unspecified atom stereocenters. The maximum absolute atomic E-state index is 5.88. The lowest BCUT2D eigenvalue weighted by atomic mass is 10.1. The number of rotatable bonds is 2. The van der Waals surface area contributed by atoms with E-state index >= 15 is 0 Å². The highest BCUT2D eigenvalue weighted by Crippen LogP contribution is 2.10. The van der Waals surface area contributed by atoms with Gasteiger partial charge in [-0.2, -0.15) is 0 Å². The molecule has 2 heteroatoms. The van der Waals surface area contributed by atoms with Crippen LogP contribution >= 0.6 is 0 Å². The van der Waals surface area contributed by atoms with Crippen molar-refractivity contribution >= 4 is 0 Å². The second-order valence-corrected chi connectivity index (χ2v) is 2.94. The van der Waals surface area contributed by atoms with Crippen molar-refractivity contribution < 1.29 is 0 Å². The van der Waals surface area contributed by atoms with Gasteiger partial charge < -0.3 is 5.73 Å². The minimum absolute atomic E-state index is 0.0626. The molecule has 0 aliphatic heterocycles. The van der Waals surface area contributed by atoms with Gasteiger partial charge in [-0.25, -0.2) is 0 Å². The minimum Gasteiger partial charge on any atom is -0.322 e. The third-order valence-corrected chi connectivity index (χ3v) is 1.79. The predicted octanol–water partition coefficient (Wildman–Crippen LogP) is 1.80. The first kappa shape index (κ1) is 9.76. The van der Waals surface area contributed by atoms with Crippen molar-refractivity contribution in [3.05, 3.63) is 29.6 Å². The fourth-order valence-electron chi connectivity index (χ4n) is 1.09. The molecule has 2 N–H and O–H groups in total. The van der Waals surface area contributed by atoms with E-state index in [0.717, 1.165) is 11.4 Å². The summed E-state index contributed by atoms with van der Waals surface area (Å²) in [6.07, 6.45) is 0.674. The first-order valence-electron chi connectivity index (χ1n) is 4.33. The van der Waals surface area contributed by atoms with E-state index in [4.69, 9.17) is 5.73 Å². The predicted molar refractivity (Wildman–Crippen MR) is 54.0 cm³/mol. The van der Waals surface area contributed by atoms with Gasteiger partial charge in [-0.15, -0.1) is 11.8 Å². The zero-order valence-corrected chi connectivity index (χ0v) is 8.04. The first-order valence-corrected chi connectivity index (χ1v) is 4.33. The van der Waals surface area contributed by atoms with E-state index in [-0.39, 0.29) is 6.04 Å². The molecule has 0 aliphatic carbocycles. The second-order valence-electron chi connectivity index (χ2n) is 2.94. The summed E-state index contributed by atoms with van der Waals surface area (Å²) in [6, 6.07) is 5.81. The van der Waals surface area contributed by atoms with Gasteiger partial charge in [0.15, 0.2) is 0 Å². The molecule has 0 amide bonds. The van der Waals surface area contributed by atoms with E-state index in [1.54, 1.807) is 0 Å². The zero-order chi connectivity index (χ0) is 9.68. The fourth-order valence-corrected chi connectivity index (χ4v) is 1.09. The van der Waals surface area contributed by atoms with Gasteiger partial charge in [-0.05, 0) is 26.0 Å². The number of pyridine rings is 1. The van der Waals surface area contributed by atoms with Crippen molar-refractivity contribution in [2.24, 2.45) is 5.73 Å². The average Bonchev–Trinajstić information content (AvgIpc) is 2.14. The van der Waals surface area contributed by atoms with Gasteiger partial charge in [0.2, 0.25) is 0 Å². The number of nitrogens with zero attached hydrogens (tertiary/aromatic N) is 1. The average molecular weight is 174 g/mol. The molecule has 0 saturated heterocycles. The summed E-state index contributed by atoms with van der Waals surface area (Å²) < 4.78 is 0. The Hall–Kier alpha value is -1.33. The van der Waals surface area contributed by atoms with E-state index in [1.807, 2.05) is 32.0 Å². The Bertz CT molecular complexity index is 333. The number of hydrogen-bond acceptors (Lipinski definition) is 2. The summed E-state index contributed by atoms with van der Waals surface area (Å²) in [5, 5.41) is 0. The SMILES string of the molecule is CC#CCC(N)c1cccc(C)n1. The van der Waals surface area contributed by atoms with Gasteiger partial charge in [0, 0.05) is 12.1 Å². The van der Waals surface area contributed by atoms with Gasteiger partial charge in [0.1, 0.15) is 0 Å². The van der Waals surface area contributed by atoms with Crippen molar-refractivity contribution in [1.82, 2.24) is 4.98 Å². The van der Waals surface area contributed by atoms with E-state index < -0.39 is 0 Å². The van der Waals surface area contributed by atoms with Crippen LogP contribution in [0.15, 0.2) is 18.2 Å². The highest BCUT2D eigenvalue weighted by Gasteiger charge is 2.04. The standard InChI is InChI=1S/C11H14N2/c1-3-4-7-10(12)11-8-5-6-9(2)13-11/h5-6,8,10H,7,12H2,1-2H3. The molecular weight excluding hydrogens is 160 g/mol. The molecule has 1 atom stereocenters. The fraction of sp³-hybridized carbons (Fsp3) is 0.364. The summed E-state index contributed by atoms with van der Waals surface area (Å²) in [4.78, 5) is 4.33. The summed E-state index contributed by atoms with van der Waals surface area (Å²) in [7, 11) is 0. The third kappa shape index (κ3) is 2.89. The maximum atomic E-state index is 5.88. The Morgan fingerprint density at radius 3 is 2.92 bits per heavy atom. The molecule has 0 radical (unpaired) electrons. The molecule has 2 nitrogen and oxygen atoms in total. The van der Waals surface area contributed by atoms with Crippen LogP contribution in [0.1, 0.15) is 30.8 Å². The van der Waals surface area contributed by atoms with Gasteiger partial charge in [0.05, 0.1) is 11.7 Å². The Labute approximate surface area is 79.2 Å². The number of aryl methyl sites for hydroxylation is 1. The van der Waals surface area contributed by atoms with Crippen LogP contribution in [0.25, 0.3) is 0 Å². The molecule has 1 aromatic heterocycles. The number of aromatic nitrogens is 1. The van der Waals surface area contributed by atoms with Crippen LogP contribution in [0.5, 0.6) is 0 Å². The second kappa shape index (κ2) is 4.64. The number of hydrogen-bond donors (Lipinski definition) is 1. The molecule has 13 heavy (non-hydrogen) atoms. The molecule has 0 saturated carbocycles. The molecule has 1 rings (SSSR count). The van der Waals surface area contributed by atoms with Crippen molar-refractivity contribution in [3.8, 4) is 11.8 Å². The van der Waals surface area contributed by atoms with Crippen LogP contribution < -0.4 is 5.73 Å². The Morgan fingerprint density at radius 2 is 2.31 bits per heavy atom. The lowest BCUT2D eigenvalue weighted by Gasteiger charge is -2.07. The number of nitrogens with two attached hydrogens (primary N) is 1. The van der Waals surface area contributed by atoms with Crippen molar-refractivity contribution in [1.29, 1.82) is 0 Å². The topological polar surface area (TPSA) is 38.9 Å². The summed E-state index contributed by atoms with van der Waals surface area (Å²) >= 11 is 0. The molecule has 68 valence electrons. The maximum Gasteiger partial charge on any atom is 0.0583 e. The monoisotopic (exact) mass is 174 g/mol. The molecular formula is C11H14N2. The molecule has 0 aliphatic rings. The van der Waals surface area contributed by atoms with Crippen LogP contribution in [-0.4, -0.2) is 4.98 Å². The molecule has 0 spiro atoms. The quantitative estimate of drug-likeness (QED) is 0.694. The van der Waals surface area contributed by atoms with Gasteiger partial charge in [-0.3, -0.25) is 4.98 Å². The molecule has 0 fully saturated rings. The lowest BCUT2D eigenvalue weighted by molar-refractivity contribution is 0.721. The summed E-state index contributed by atoms with van der Waals surface area (Å²) in [5.41, 5.74) is 7.80. The summed E-state index contributed by atoms with van der Waals surface area (Å²) in [6.45, 7) is 3.78. The lowest BCUT2D eigenvalue weighted by Crippen LogP contribution is -2.11. The Kier molecular flexibility index (Phi) is 3.48. The zero-order valence-electron chi connectivity index (χ0n) is 8.04. The van der Waals surface area contributed by atoms with Crippen LogP contribution in [0.4, 0.5) is 0 Å². The minimum atomic E-state index is -0.0626. The van der Waals surface area contributed by atoms with Crippen molar-refractivity contribution in [2.45, 2.75) is 26.3 Å².